The largest absolute Gasteiger partial charge is 0.381 e. The molecular weight excluding hydrogens is 400 g/mol. The van der Waals surface area contributed by atoms with Crippen molar-refractivity contribution in [3.63, 3.8) is 0 Å². The summed E-state index contributed by atoms with van der Waals surface area (Å²) in [4.78, 5) is 13.3. The van der Waals surface area contributed by atoms with Gasteiger partial charge in [-0.1, -0.05) is 22.9 Å². The number of nitrogens with two attached hydrogens (primary N) is 1. The van der Waals surface area contributed by atoms with Crippen LogP contribution in [-0.4, -0.2) is 37.0 Å². The van der Waals surface area contributed by atoms with E-state index in [1.54, 1.807) is 11.8 Å². The first-order valence-electron chi connectivity index (χ1n) is 7.59. The Morgan fingerprint density at radius 1 is 1.39 bits per heavy atom. The second-order valence-electron chi connectivity index (χ2n) is 5.60. The first-order valence-corrected chi connectivity index (χ1v) is 9.27. The predicted molar refractivity (Wildman–Crippen MR) is 101 cm³/mol. The van der Waals surface area contributed by atoms with Crippen molar-refractivity contribution >= 4 is 46.0 Å². The van der Waals surface area contributed by atoms with E-state index in [1.165, 1.54) is 4.90 Å². The quantitative estimate of drug-likeness (QED) is 0.690. The van der Waals surface area contributed by atoms with Crippen molar-refractivity contribution in [3.05, 3.63) is 28.7 Å². The summed E-state index contributed by atoms with van der Waals surface area (Å²) < 4.78 is 6.38. The van der Waals surface area contributed by atoms with E-state index < -0.39 is 6.04 Å². The second-order valence-corrected chi connectivity index (χ2v) is 8.03. The van der Waals surface area contributed by atoms with Crippen molar-refractivity contribution < 1.29 is 9.53 Å². The number of ether oxygens (including phenoxy) is 1. The third-order valence-corrected chi connectivity index (χ3v) is 5.43. The Bertz CT molecular complexity index is 483. The summed E-state index contributed by atoms with van der Waals surface area (Å²) in [7, 11) is 0. The molecule has 1 heterocycles. The van der Waals surface area contributed by atoms with Crippen LogP contribution in [0.2, 0.25) is 0 Å². The van der Waals surface area contributed by atoms with Crippen LogP contribution in [-0.2, 0) is 9.53 Å². The Morgan fingerprint density at radius 3 is 2.61 bits per heavy atom. The maximum absolute atomic E-state index is 12.2. The maximum Gasteiger partial charge on any atom is 0.237 e. The minimum Gasteiger partial charge on any atom is -0.381 e. The van der Waals surface area contributed by atoms with Gasteiger partial charge in [0.15, 0.2) is 0 Å². The number of thioether (sulfide) groups is 1. The van der Waals surface area contributed by atoms with Crippen molar-refractivity contribution in [2.45, 2.75) is 36.0 Å². The fourth-order valence-electron chi connectivity index (χ4n) is 2.44. The molecule has 0 saturated carbocycles. The van der Waals surface area contributed by atoms with E-state index in [4.69, 9.17) is 10.5 Å². The van der Waals surface area contributed by atoms with Gasteiger partial charge in [0.25, 0.3) is 0 Å². The second kappa shape index (κ2) is 10.6. The number of nitrogens with one attached hydrogen (secondary N) is 1. The van der Waals surface area contributed by atoms with Gasteiger partial charge in [-0.2, -0.15) is 0 Å². The van der Waals surface area contributed by atoms with Crippen LogP contribution in [0.15, 0.2) is 33.6 Å². The highest BCUT2D eigenvalue weighted by Gasteiger charge is 2.26. The Hall–Kier alpha value is -0.270. The van der Waals surface area contributed by atoms with E-state index in [-0.39, 0.29) is 24.2 Å². The molecule has 23 heavy (non-hydrogen) atoms. The van der Waals surface area contributed by atoms with Crippen LogP contribution >= 0.6 is 40.1 Å². The summed E-state index contributed by atoms with van der Waals surface area (Å²) in [6.07, 6.45) is 1.75. The van der Waals surface area contributed by atoms with Crippen molar-refractivity contribution in [1.82, 2.24) is 5.32 Å². The number of benzene rings is 1. The van der Waals surface area contributed by atoms with E-state index >= 15 is 0 Å². The van der Waals surface area contributed by atoms with Gasteiger partial charge >= 0.3 is 0 Å². The first-order chi connectivity index (χ1) is 10.6. The highest BCUT2D eigenvalue weighted by atomic mass is 79.9. The zero-order chi connectivity index (χ0) is 15.9. The zero-order valence-corrected chi connectivity index (χ0v) is 16.4. The van der Waals surface area contributed by atoms with E-state index in [9.17, 15) is 4.79 Å². The van der Waals surface area contributed by atoms with E-state index in [0.717, 1.165) is 17.3 Å². The summed E-state index contributed by atoms with van der Waals surface area (Å²) in [6.45, 7) is 4.15. The van der Waals surface area contributed by atoms with Gasteiger partial charge in [-0.05, 0) is 43.0 Å². The third-order valence-electron chi connectivity index (χ3n) is 3.79. The molecule has 0 aromatic heterocycles. The Balaban J connectivity index is 0.00000264. The van der Waals surface area contributed by atoms with Crippen molar-refractivity contribution in [2.75, 3.05) is 19.8 Å². The van der Waals surface area contributed by atoms with Crippen LogP contribution in [0.4, 0.5) is 0 Å². The standard InChI is InChI=1S/C16H23BrN2O2S.ClH/c1-11(22-14-4-2-13(17)3-5-14)10-19-16(20)15(18)12-6-8-21-9-7-12;/h2-5,11-12,15H,6-10,18H2,1H3,(H,19,20);1H. The normalized spacial score (nSPS) is 17.9. The number of rotatable bonds is 6. The number of carbonyl (C=O) groups excluding carboxylic acids is 1. The van der Waals surface area contributed by atoms with E-state index in [2.05, 4.69) is 40.3 Å². The minimum atomic E-state index is -0.422. The molecule has 0 bridgehead atoms. The fourth-order valence-corrected chi connectivity index (χ4v) is 3.63. The molecule has 1 amide bonds. The molecule has 1 aromatic rings. The molecule has 0 aliphatic carbocycles. The molecule has 1 aromatic carbocycles. The fraction of sp³-hybridized carbons (Fsp3) is 0.562. The van der Waals surface area contributed by atoms with Gasteiger partial charge in [0.2, 0.25) is 5.91 Å². The maximum atomic E-state index is 12.2. The molecular formula is C16H24BrClN2O2S. The average Bonchev–Trinajstić information content (AvgIpc) is 2.55. The van der Waals surface area contributed by atoms with Crippen LogP contribution in [0.25, 0.3) is 0 Å². The highest BCUT2D eigenvalue weighted by molar-refractivity contribution is 9.10. The molecule has 0 spiro atoms. The SMILES string of the molecule is CC(CNC(=O)C(N)C1CCOCC1)Sc1ccc(Br)cc1.Cl. The number of hydrogen-bond acceptors (Lipinski definition) is 4. The lowest BCUT2D eigenvalue weighted by Gasteiger charge is -2.27. The number of halogens is 2. The molecule has 1 aliphatic rings. The molecule has 1 fully saturated rings. The topological polar surface area (TPSA) is 64.4 Å². The van der Waals surface area contributed by atoms with Gasteiger partial charge in [-0.15, -0.1) is 24.2 Å². The Kier molecular flexibility index (Phi) is 9.54. The Morgan fingerprint density at radius 2 is 2.00 bits per heavy atom. The minimum absolute atomic E-state index is 0. The van der Waals surface area contributed by atoms with Gasteiger partial charge in [-0.3, -0.25) is 4.79 Å². The van der Waals surface area contributed by atoms with E-state index in [1.807, 2.05) is 12.1 Å². The molecule has 3 N–H and O–H groups in total. The molecule has 1 saturated heterocycles. The van der Waals surface area contributed by atoms with Gasteiger partial charge in [0, 0.05) is 34.4 Å². The lowest BCUT2D eigenvalue weighted by Crippen LogP contribution is -2.48. The summed E-state index contributed by atoms with van der Waals surface area (Å²) >= 11 is 5.17. The Labute approximate surface area is 156 Å². The molecule has 2 unspecified atom stereocenters. The third kappa shape index (κ3) is 7.01. The predicted octanol–water partition coefficient (Wildman–Crippen LogP) is 3.22. The molecule has 7 heteroatoms. The van der Waals surface area contributed by atoms with Crippen LogP contribution in [0.1, 0.15) is 19.8 Å². The van der Waals surface area contributed by atoms with E-state index in [0.29, 0.717) is 25.0 Å². The smallest absolute Gasteiger partial charge is 0.237 e. The first kappa shape index (κ1) is 20.8. The molecule has 4 nitrogen and oxygen atoms in total. The van der Waals surface area contributed by atoms with Crippen molar-refractivity contribution in [3.8, 4) is 0 Å². The van der Waals surface area contributed by atoms with Gasteiger partial charge in [-0.25, -0.2) is 0 Å². The van der Waals surface area contributed by atoms with Gasteiger partial charge < -0.3 is 15.8 Å². The average molecular weight is 424 g/mol. The van der Waals surface area contributed by atoms with Crippen LogP contribution in [0.5, 0.6) is 0 Å². The number of carbonyl (C=O) groups is 1. The monoisotopic (exact) mass is 422 g/mol. The zero-order valence-electron chi connectivity index (χ0n) is 13.2. The van der Waals surface area contributed by atoms with Crippen LogP contribution < -0.4 is 11.1 Å². The van der Waals surface area contributed by atoms with Gasteiger partial charge in [0.1, 0.15) is 0 Å². The number of hydrogen-bond donors (Lipinski definition) is 2. The molecule has 130 valence electrons. The van der Waals surface area contributed by atoms with Crippen LogP contribution in [0.3, 0.4) is 0 Å². The summed E-state index contributed by atoms with van der Waals surface area (Å²) in [5.41, 5.74) is 6.07. The van der Waals surface area contributed by atoms with Crippen molar-refractivity contribution in [1.29, 1.82) is 0 Å². The summed E-state index contributed by atoms with van der Waals surface area (Å²) in [6, 6.07) is 7.76. The summed E-state index contributed by atoms with van der Waals surface area (Å²) in [5, 5.41) is 3.27. The van der Waals surface area contributed by atoms with Crippen molar-refractivity contribution in [2.24, 2.45) is 11.7 Å². The van der Waals surface area contributed by atoms with Crippen LogP contribution in [0, 0.1) is 5.92 Å². The number of amides is 1. The molecule has 0 radical (unpaired) electrons. The molecule has 2 atom stereocenters. The summed E-state index contributed by atoms with van der Waals surface area (Å²) in [5.74, 6) is 0.193. The molecule has 2 rings (SSSR count). The lowest BCUT2D eigenvalue weighted by atomic mass is 9.92. The lowest BCUT2D eigenvalue weighted by molar-refractivity contribution is -0.124. The van der Waals surface area contributed by atoms with Gasteiger partial charge in [0.05, 0.1) is 6.04 Å². The molecule has 1 aliphatic heterocycles. The highest BCUT2D eigenvalue weighted by Crippen LogP contribution is 2.24.